The summed E-state index contributed by atoms with van der Waals surface area (Å²) >= 11 is 4.24. The molecule has 3 atom stereocenters. The topological polar surface area (TPSA) is 96.0 Å². The van der Waals surface area contributed by atoms with Gasteiger partial charge in [-0.15, -0.1) is 6.58 Å². The van der Waals surface area contributed by atoms with Crippen molar-refractivity contribution in [1.29, 1.82) is 0 Å². The van der Waals surface area contributed by atoms with E-state index in [9.17, 15) is 19.2 Å². The number of esters is 3. The molecule has 9 heteroatoms. The summed E-state index contributed by atoms with van der Waals surface area (Å²) in [6.07, 6.45) is 5.64. The molecule has 2 aromatic carbocycles. The Hall–Kier alpha value is -2.28. The minimum atomic E-state index is -0.364. The third kappa shape index (κ3) is 12.2. The lowest BCUT2D eigenvalue weighted by Gasteiger charge is -2.14. The van der Waals surface area contributed by atoms with Gasteiger partial charge in [0.25, 0.3) is 0 Å². The Kier molecular flexibility index (Phi) is 16.8. The Morgan fingerprint density at radius 2 is 1.54 bits per heavy atom. The van der Waals surface area contributed by atoms with Crippen LogP contribution in [0, 0.1) is 0 Å². The first-order chi connectivity index (χ1) is 18.7. The number of allylic oxidation sites excluding steroid dienone is 1. The average Bonchev–Trinajstić information content (AvgIpc) is 3.41. The van der Waals surface area contributed by atoms with Gasteiger partial charge in [-0.05, 0) is 79.8 Å². The highest BCUT2D eigenvalue weighted by Gasteiger charge is 2.28. The van der Waals surface area contributed by atoms with Gasteiger partial charge in [0.05, 0.1) is 25.3 Å². The fraction of sp³-hybridized carbons (Fsp3) is 0.400. The molecule has 7 nitrogen and oxygen atoms in total. The summed E-state index contributed by atoms with van der Waals surface area (Å²) in [6.45, 7) is 6.71. The van der Waals surface area contributed by atoms with Crippen LogP contribution < -0.4 is 0 Å². The van der Waals surface area contributed by atoms with Gasteiger partial charge in [0.15, 0.2) is 0 Å². The number of methoxy groups -OCH3 is 2. The highest BCUT2D eigenvalue weighted by atomic mass is 128. The Morgan fingerprint density at radius 1 is 0.949 bits per heavy atom. The van der Waals surface area contributed by atoms with Crippen molar-refractivity contribution in [3.8, 4) is 0 Å². The molecule has 1 saturated carbocycles. The number of benzene rings is 2. The zero-order valence-electron chi connectivity index (χ0n) is 22.8. The normalized spacial score (nSPS) is 16.3. The Bertz CT molecular complexity index is 1120. The molecule has 0 amide bonds. The second kappa shape index (κ2) is 18.9. The lowest BCUT2D eigenvalue weighted by molar-refractivity contribution is -0.146. The molecule has 0 aliphatic heterocycles. The van der Waals surface area contributed by atoms with Crippen LogP contribution in [-0.2, 0) is 23.8 Å². The van der Waals surface area contributed by atoms with Gasteiger partial charge < -0.3 is 19.0 Å². The number of ketones is 1. The quantitative estimate of drug-likeness (QED) is 0.113. The van der Waals surface area contributed by atoms with Crippen LogP contribution in [0.5, 0.6) is 0 Å². The lowest BCUT2D eigenvalue weighted by Crippen LogP contribution is -2.12. The number of halogens is 2. The number of carbonyl (C=O) groups excluding carboxylic acids is 4. The van der Waals surface area contributed by atoms with Crippen LogP contribution >= 0.6 is 37.2 Å². The molecule has 1 aliphatic rings. The molecule has 39 heavy (non-hydrogen) atoms. The molecule has 1 fully saturated rings. The van der Waals surface area contributed by atoms with Gasteiger partial charge in [-0.2, -0.15) is 0 Å². The van der Waals surface area contributed by atoms with Crippen molar-refractivity contribution < 1.29 is 33.4 Å². The molecule has 0 radical (unpaired) electrons. The zero-order valence-corrected chi connectivity index (χ0v) is 27.1. The molecule has 212 valence electrons. The van der Waals surface area contributed by atoms with Crippen molar-refractivity contribution in [2.24, 2.45) is 0 Å². The number of ether oxygens (including phenoxy) is 3. The average molecular weight is 762 g/mol. The monoisotopic (exact) mass is 762 g/mol. The van der Waals surface area contributed by atoms with E-state index >= 15 is 0 Å². The predicted octanol–water partition coefficient (Wildman–Crippen LogP) is 7.56. The number of hydrogen-bond donors (Lipinski definition) is 0. The summed E-state index contributed by atoms with van der Waals surface area (Å²) in [5, 5.41) is 0. The van der Waals surface area contributed by atoms with Gasteiger partial charge in [0, 0.05) is 50.6 Å². The largest absolute Gasteiger partial charge is 0.465 e. The van der Waals surface area contributed by atoms with E-state index in [0.29, 0.717) is 29.9 Å². The van der Waals surface area contributed by atoms with Gasteiger partial charge in [-0.1, -0.05) is 30.3 Å². The molecule has 0 aromatic heterocycles. The second-order valence-electron chi connectivity index (χ2n) is 9.10. The van der Waals surface area contributed by atoms with Crippen LogP contribution in [0.4, 0.5) is 0 Å². The summed E-state index contributed by atoms with van der Waals surface area (Å²) in [5.41, 5.74) is 3.15. The minimum absolute atomic E-state index is 0.00397. The van der Waals surface area contributed by atoms with Crippen LogP contribution in [0.15, 0.2) is 61.2 Å². The number of Topliss-reactive ketones (excluding diaryl/α,β-unsaturated/α-hetero) is 1. The molecular weight excluding hydrogens is 726 g/mol. The Labute approximate surface area is 254 Å². The SMILES string of the molecule is C=CC[C@@H](CC(C)=O)c1cccc(C(=O)OC)c1.COC(=O)c1cccc([C@@H]2CCC(OC(C)=O)C2)c1.II. The fourth-order valence-electron chi connectivity index (χ4n) is 4.54. The maximum atomic E-state index is 11.5. The standard InChI is InChI=1S/C15H18O4.C15H18O3.I2/c1-10(16)19-14-7-6-12(9-14)11-4-3-5-13(8-11)15(17)18-2;1-4-6-12(9-11(2)16)13-7-5-8-14(10-13)15(17)18-3;1-2/h3-5,8,12,14H,6-7,9H2,1-2H3;4-5,7-8,10,12H,1,6,9H2,2-3H3;/t12-,14?;12-;/m10./s1. The van der Waals surface area contributed by atoms with Crippen molar-refractivity contribution in [3.05, 3.63) is 83.4 Å². The van der Waals surface area contributed by atoms with Crippen molar-refractivity contribution in [2.45, 2.75) is 63.9 Å². The highest BCUT2D eigenvalue weighted by Crippen LogP contribution is 2.36. The van der Waals surface area contributed by atoms with Crippen LogP contribution in [-0.4, -0.2) is 44.0 Å². The molecule has 0 heterocycles. The third-order valence-electron chi connectivity index (χ3n) is 6.26. The van der Waals surface area contributed by atoms with Gasteiger partial charge in [0.2, 0.25) is 0 Å². The number of hydrogen-bond acceptors (Lipinski definition) is 7. The Balaban J connectivity index is 0.000000367. The first-order valence-electron chi connectivity index (χ1n) is 12.5. The summed E-state index contributed by atoms with van der Waals surface area (Å²) < 4.78 is 14.6. The highest BCUT2D eigenvalue weighted by molar-refractivity contribution is 15.0. The number of rotatable bonds is 9. The predicted molar refractivity (Wildman–Crippen MR) is 169 cm³/mol. The molecule has 1 aliphatic carbocycles. The van der Waals surface area contributed by atoms with E-state index < -0.39 is 0 Å². The van der Waals surface area contributed by atoms with E-state index in [1.165, 1.54) is 21.1 Å². The van der Waals surface area contributed by atoms with Crippen molar-refractivity contribution >= 4 is 60.9 Å². The van der Waals surface area contributed by atoms with E-state index in [4.69, 9.17) is 9.47 Å². The van der Waals surface area contributed by atoms with Crippen molar-refractivity contribution in [2.75, 3.05) is 14.2 Å². The van der Waals surface area contributed by atoms with Crippen LogP contribution in [0.1, 0.15) is 89.6 Å². The van der Waals surface area contributed by atoms with E-state index in [1.807, 2.05) is 24.3 Å². The van der Waals surface area contributed by atoms with E-state index in [-0.39, 0.29) is 35.7 Å². The number of carbonyl (C=O) groups is 4. The van der Waals surface area contributed by atoms with E-state index in [1.54, 1.807) is 37.3 Å². The van der Waals surface area contributed by atoms with Crippen LogP contribution in [0.25, 0.3) is 0 Å². The van der Waals surface area contributed by atoms with Gasteiger partial charge in [0.1, 0.15) is 11.9 Å². The molecule has 0 spiro atoms. The molecule has 2 aromatic rings. The molecule has 0 bridgehead atoms. The van der Waals surface area contributed by atoms with Gasteiger partial charge >= 0.3 is 17.9 Å². The third-order valence-corrected chi connectivity index (χ3v) is 6.26. The fourth-order valence-corrected chi connectivity index (χ4v) is 4.54. The summed E-state index contributed by atoms with van der Waals surface area (Å²) in [7, 11) is 2.73. The second-order valence-corrected chi connectivity index (χ2v) is 9.10. The first kappa shape index (κ1) is 34.7. The van der Waals surface area contributed by atoms with Crippen molar-refractivity contribution in [1.82, 2.24) is 0 Å². The first-order valence-corrected chi connectivity index (χ1v) is 18.7. The zero-order chi connectivity index (χ0) is 29.4. The smallest absolute Gasteiger partial charge is 0.337 e. The molecule has 3 rings (SSSR count). The Morgan fingerprint density at radius 3 is 2.08 bits per heavy atom. The maximum Gasteiger partial charge on any atom is 0.337 e. The maximum absolute atomic E-state index is 11.5. The lowest BCUT2D eigenvalue weighted by atomic mass is 9.90. The molecular formula is C30H36I2O7. The van der Waals surface area contributed by atoms with Crippen molar-refractivity contribution in [3.63, 3.8) is 0 Å². The van der Waals surface area contributed by atoms with E-state index in [0.717, 1.165) is 30.4 Å². The van der Waals surface area contributed by atoms with Crippen LogP contribution in [0.2, 0.25) is 0 Å². The molecule has 0 saturated heterocycles. The molecule has 1 unspecified atom stereocenters. The summed E-state index contributed by atoms with van der Waals surface area (Å²) in [6, 6.07) is 14.7. The van der Waals surface area contributed by atoms with Gasteiger partial charge in [-0.25, -0.2) is 9.59 Å². The summed E-state index contributed by atoms with van der Waals surface area (Å²) in [4.78, 5) is 45.2. The minimum Gasteiger partial charge on any atom is -0.465 e. The molecule has 0 N–H and O–H groups in total. The van der Waals surface area contributed by atoms with Crippen LogP contribution in [0.3, 0.4) is 0 Å². The van der Waals surface area contributed by atoms with E-state index in [2.05, 4.69) is 48.5 Å². The van der Waals surface area contributed by atoms with Gasteiger partial charge in [-0.3, -0.25) is 4.79 Å². The summed E-state index contributed by atoms with van der Waals surface area (Å²) in [5.74, 6) is -0.369.